The van der Waals surface area contributed by atoms with Crippen LogP contribution in [0.25, 0.3) is 0 Å². The van der Waals surface area contributed by atoms with E-state index in [0.717, 1.165) is 24.2 Å². The standard InChI is InChI=1S/C20H26N6O5S/c1-12(4-7-21)22-19-24-25-20(32-19)23-17(27)15-10-14(16(30-3)18(28)31-15)26-8-5-13(6-9-26)11-29-2/h4,7,10,13H,5-6,8-9,11,21H2,1-3H3,(H,23,25,27). The van der Waals surface area contributed by atoms with E-state index in [9.17, 15) is 9.59 Å². The summed E-state index contributed by atoms with van der Waals surface area (Å²) in [5.41, 5.74) is 5.78. The molecule has 2 aromatic rings. The van der Waals surface area contributed by atoms with Gasteiger partial charge >= 0.3 is 5.63 Å². The number of nitrogens with zero attached hydrogens (tertiary/aromatic N) is 4. The zero-order chi connectivity index (χ0) is 23.1. The summed E-state index contributed by atoms with van der Waals surface area (Å²) in [6.45, 7) is 3.88. The van der Waals surface area contributed by atoms with Crippen molar-refractivity contribution in [3.8, 4) is 5.75 Å². The first-order valence-electron chi connectivity index (χ1n) is 9.99. The molecule has 3 rings (SSSR count). The summed E-state index contributed by atoms with van der Waals surface area (Å²) in [6, 6.07) is 1.52. The van der Waals surface area contributed by atoms with E-state index >= 15 is 0 Å². The zero-order valence-corrected chi connectivity index (χ0v) is 19.0. The van der Waals surface area contributed by atoms with E-state index in [2.05, 4.69) is 20.5 Å². The Labute approximate surface area is 188 Å². The third-order valence-electron chi connectivity index (χ3n) is 4.92. The van der Waals surface area contributed by atoms with Crippen LogP contribution in [-0.4, -0.2) is 55.7 Å². The number of anilines is 2. The highest BCUT2D eigenvalue weighted by atomic mass is 32.1. The fourth-order valence-electron chi connectivity index (χ4n) is 3.38. The smallest absolute Gasteiger partial charge is 0.381 e. The molecule has 32 heavy (non-hydrogen) atoms. The van der Waals surface area contributed by atoms with Crippen molar-refractivity contribution in [2.45, 2.75) is 19.8 Å². The van der Waals surface area contributed by atoms with Crippen molar-refractivity contribution in [1.82, 2.24) is 10.2 Å². The van der Waals surface area contributed by atoms with E-state index in [-0.39, 0.29) is 16.6 Å². The molecule has 1 fully saturated rings. The van der Waals surface area contributed by atoms with E-state index in [1.807, 2.05) is 4.90 Å². The van der Waals surface area contributed by atoms with Gasteiger partial charge in [-0.3, -0.25) is 10.1 Å². The Morgan fingerprint density at radius 1 is 1.41 bits per heavy atom. The van der Waals surface area contributed by atoms with Gasteiger partial charge in [0.1, 0.15) is 0 Å². The van der Waals surface area contributed by atoms with Gasteiger partial charge in [0.15, 0.2) is 5.76 Å². The molecule has 2 aromatic heterocycles. The number of hydrogen-bond acceptors (Lipinski definition) is 11. The number of methoxy groups -OCH3 is 2. The van der Waals surface area contributed by atoms with Crippen molar-refractivity contribution in [3.05, 3.63) is 34.5 Å². The predicted octanol–water partition coefficient (Wildman–Crippen LogP) is 2.18. The monoisotopic (exact) mass is 462 g/mol. The van der Waals surface area contributed by atoms with E-state index in [1.54, 1.807) is 20.1 Å². The minimum atomic E-state index is -0.721. The zero-order valence-electron chi connectivity index (χ0n) is 18.2. The van der Waals surface area contributed by atoms with Gasteiger partial charge in [0, 0.05) is 38.6 Å². The summed E-state index contributed by atoms with van der Waals surface area (Å²) in [5.74, 6) is -0.232. The number of aromatic nitrogens is 2. The van der Waals surface area contributed by atoms with Gasteiger partial charge in [-0.2, -0.15) is 0 Å². The van der Waals surface area contributed by atoms with Crippen LogP contribution in [0.1, 0.15) is 30.3 Å². The highest BCUT2D eigenvalue weighted by molar-refractivity contribution is 7.18. The number of hydrogen-bond donors (Lipinski definition) is 2. The minimum Gasteiger partial charge on any atom is -0.488 e. The van der Waals surface area contributed by atoms with Crippen LogP contribution in [-0.2, 0) is 4.74 Å². The molecule has 0 saturated carbocycles. The van der Waals surface area contributed by atoms with Crippen molar-refractivity contribution in [1.29, 1.82) is 0 Å². The van der Waals surface area contributed by atoms with Crippen LogP contribution in [0.2, 0.25) is 0 Å². The van der Waals surface area contributed by atoms with Crippen LogP contribution < -0.4 is 26.3 Å². The maximum absolute atomic E-state index is 12.7. The minimum absolute atomic E-state index is 0.0720. The number of carbonyl (C=O) groups is 1. The van der Waals surface area contributed by atoms with Gasteiger partial charge in [0.25, 0.3) is 5.91 Å². The fraction of sp³-hybridized carbons (Fsp3) is 0.450. The van der Waals surface area contributed by atoms with E-state index in [1.165, 1.54) is 19.4 Å². The lowest BCUT2D eigenvalue weighted by atomic mass is 9.97. The van der Waals surface area contributed by atoms with Crippen LogP contribution in [0.15, 0.2) is 32.5 Å². The molecule has 1 amide bonds. The molecule has 0 aliphatic carbocycles. The summed E-state index contributed by atoms with van der Waals surface area (Å²) in [4.78, 5) is 31.4. The predicted molar refractivity (Wildman–Crippen MR) is 122 cm³/mol. The second-order valence-corrected chi connectivity index (χ2v) is 8.11. The lowest BCUT2D eigenvalue weighted by molar-refractivity contribution is 0.0991. The Bertz CT molecular complexity index is 1050. The molecule has 1 aliphatic heterocycles. The summed E-state index contributed by atoms with van der Waals surface area (Å²) < 4.78 is 15.7. The number of amides is 1. The third-order valence-corrected chi connectivity index (χ3v) is 5.65. The molecule has 0 aromatic carbocycles. The Morgan fingerprint density at radius 3 is 2.81 bits per heavy atom. The van der Waals surface area contributed by atoms with Gasteiger partial charge < -0.3 is 24.5 Å². The molecule has 172 valence electrons. The van der Waals surface area contributed by atoms with Crippen LogP contribution in [0, 0.1) is 5.92 Å². The van der Waals surface area contributed by atoms with Gasteiger partial charge in [-0.1, -0.05) is 11.3 Å². The second kappa shape index (κ2) is 10.9. The molecule has 0 unspecified atom stereocenters. The molecule has 1 aliphatic rings. The van der Waals surface area contributed by atoms with Crippen molar-refractivity contribution < 1.29 is 18.7 Å². The molecule has 0 radical (unpaired) electrons. The highest BCUT2D eigenvalue weighted by Crippen LogP contribution is 2.31. The van der Waals surface area contributed by atoms with Gasteiger partial charge in [0.05, 0.1) is 12.8 Å². The molecule has 0 spiro atoms. The van der Waals surface area contributed by atoms with Crippen molar-refractivity contribution >= 4 is 38.9 Å². The van der Waals surface area contributed by atoms with Gasteiger partial charge in [-0.15, -0.1) is 10.2 Å². The Balaban J connectivity index is 1.78. The topological polar surface area (TPSA) is 145 Å². The van der Waals surface area contributed by atoms with Gasteiger partial charge in [-0.05, 0) is 38.0 Å². The number of allylic oxidation sites excluding steroid dienone is 1. The molecule has 12 heteroatoms. The van der Waals surface area contributed by atoms with Crippen molar-refractivity contribution in [2.24, 2.45) is 16.6 Å². The van der Waals surface area contributed by atoms with Crippen LogP contribution in [0.5, 0.6) is 5.75 Å². The molecule has 3 heterocycles. The summed E-state index contributed by atoms with van der Waals surface area (Å²) in [5, 5.41) is 11.0. The molecule has 11 nitrogen and oxygen atoms in total. The Morgan fingerprint density at radius 2 is 2.16 bits per heavy atom. The number of rotatable bonds is 8. The maximum atomic E-state index is 12.7. The van der Waals surface area contributed by atoms with Crippen LogP contribution in [0.4, 0.5) is 16.0 Å². The molecular weight excluding hydrogens is 436 g/mol. The van der Waals surface area contributed by atoms with E-state index < -0.39 is 11.5 Å². The largest absolute Gasteiger partial charge is 0.488 e. The summed E-state index contributed by atoms with van der Waals surface area (Å²) in [7, 11) is 3.09. The van der Waals surface area contributed by atoms with Gasteiger partial charge in [-0.25, -0.2) is 9.79 Å². The first-order chi connectivity index (χ1) is 15.4. The quantitative estimate of drug-likeness (QED) is 0.564. The number of ether oxygens (including phenoxy) is 2. The van der Waals surface area contributed by atoms with Gasteiger partial charge in [0.2, 0.25) is 16.0 Å². The molecule has 0 atom stereocenters. The average Bonchev–Trinajstić information content (AvgIpc) is 3.20. The molecule has 3 N–H and O–H groups in total. The lowest BCUT2D eigenvalue weighted by Gasteiger charge is -2.33. The average molecular weight is 463 g/mol. The second-order valence-electron chi connectivity index (χ2n) is 7.16. The Hall–Kier alpha value is -3.25. The summed E-state index contributed by atoms with van der Waals surface area (Å²) >= 11 is 1.08. The highest BCUT2D eigenvalue weighted by Gasteiger charge is 2.26. The van der Waals surface area contributed by atoms with E-state index in [0.29, 0.717) is 42.1 Å². The number of nitrogens with one attached hydrogen (secondary N) is 1. The van der Waals surface area contributed by atoms with Crippen LogP contribution in [0.3, 0.4) is 0 Å². The maximum Gasteiger partial charge on any atom is 0.381 e. The normalized spacial score (nSPS) is 15.3. The SMILES string of the molecule is COCC1CCN(c2cc(C(=O)Nc3nnc(N=C(C)C=CN)s3)oc(=O)c2OC)CC1. The van der Waals surface area contributed by atoms with Crippen LogP contribution >= 0.6 is 11.3 Å². The van der Waals surface area contributed by atoms with Crippen molar-refractivity contribution in [2.75, 3.05) is 44.1 Å². The van der Waals surface area contributed by atoms with E-state index in [4.69, 9.17) is 19.6 Å². The molecule has 1 saturated heterocycles. The first-order valence-corrected chi connectivity index (χ1v) is 10.8. The number of aliphatic imine (C=N–C) groups is 1. The number of piperidine rings is 1. The fourth-order valence-corrected chi connectivity index (χ4v) is 4.05. The molecule has 0 bridgehead atoms. The molecular formula is C20H26N6O5S. The lowest BCUT2D eigenvalue weighted by Crippen LogP contribution is -2.36. The third kappa shape index (κ3) is 5.71. The number of nitrogens with two attached hydrogens (primary N) is 1. The van der Waals surface area contributed by atoms with Crippen molar-refractivity contribution in [3.63, 3.8) is 0 Å². The number of carbonyl (C=O) groups excluding carboxylic acids is 1. The Kier molecular flexibility index (Phi) is 7.95. The first kappa shape index (κ1) is 23.4. The summed E-state index contributed by atoms with van der Waals surface area (Å²) in [6.07, 6.45) is 4.80.